The van der Waals surface area contributed by atoms with Crippen LogP contribution in [0.2, 0.25) is 0 Å². The molecule has 0 bridgehead atoms. The van der Waals surface area contributed by atoms with Crippen LogP contribution in [0.5, 0.6) is 0 Å². The monoisotopic (exact) mass is 362 g/mol. The van der Waals surface area contributed by atoms with Crippen LogP contribution >= 0.6 is 11.3 Å². The fourth-order valence-electron chi connectivity index (χ4n) is 3.18. The summed E-state index contributed by atoms with van der Waals surface area (Å²) in [6, 6.07) is 4.26. The number of benzene rings is 1. The quantitative estimate of drug-likeness (QED) is 0.833. The molecule has 1 fully saturated rings. The third kappa shape index (κ3) is 3.02. The zero-order valence-electron chi connectivity index (χ0n) is 14.3. The number of thiophene rings is 1. The van der Waals surface area contributed by atoms with E-state index < -0.39 is 11.6 Å². The fraction of sp³-hybridized carbons (Fsp3) is 0.389. The molecule has 3 heterocycles. The number of amidine groups is 1. The Labute approximate surface area is 149 Å². The molecular weight excluding hydrogens is 342 g/mol. The molecule has 0 amide bonds. The van der Waals surface area contributed by atoms with Gasteiger partial charge in [0.05, 0.1) is 16.3 Å². The normalized spacial score (nSPS) is 17.4. The van der Waals surface area contributed by atoms with Gasteiger partial charge in [0, 0.05) is 37.1 Å². The van der Waals surface area contributed by atoms with Gasteiger partial charge in [0.1, 0.15) is 17.3 Å². The summed E-state index contributed by atoms with van der Waals surface area (Å²) in [6.45, 7) is 5.66. The van der Waals surface area contributed by atoms with Crippen molar-refractivity contribution in [2.24, 2.45) is 4.99 Å². The van der Waals surface area contributed by atoms with Crippen molar-refractivity contribution < 1.29 is 8.78 Å². The molecule has 2 aromatic rings. The molecule has 0 atom stereocenters. The van der Waals surface area contributed by atoms with Gasteiger partial charge in [-0.25, -0.2) is 13.8 Å². The number of hydrogen-bond donors (Lipinski definition) is 1. The lowest BCUT2D eigenvalue weighted by molar-refractivity contribution is 0.216. The summed E-state index contributed by atoms with van der Waals surface area (Å²) in [7, 11) is 2.09. The second-order valence-corrected chi connectivity index (χ2v) is 7.58. The van der Waals surface area contributed by atoms with Crippen molar-refractivity contribution in [3.8, 4) is 0 Å². The van der Waals surface area contributed by atoms with Crippen molar-refractivity contribution in [3.05, 3.63) is 39.6 Å². The zero-order valence-corrected chi connectivity index (χ0v) is 15.1. The molecule has 4 nitrogen and oxygen atoms in total. The Kier molecular flexibility index (Phi) is 4.21. The highest BCUT2D eigenvalue weighted by molar-refractivity contribution is 7.14. The molecule has 0 spiro atoms. The van der Waals surface area contributed by atoms with Crippen molar-refractivity contribution in [3.63, 3.8) is 0 Å². The predicted molar refractivity (Wildman–Crippen MR) is 98.6 cm³/mol. The second-order valence-electron chi connectivity index (χ2n) is 6.44. The van der Waals surface area contributed by atoms with Crippen LogP contribution in [-0.4, -0.2) is 48.9 Å². The van der Waals surface area contributed by atoms with E-state index in [2.05, 4.69) is 40.1 Å². The van der Waals surface area contributed by atoms with E-state index in [0.717, 1.165) is 55.1 Å². The molecule has 2 aliphatic heterocycles. The summed E-state index contributed by atoms with van der Waals surface area (Å²) < 4.78 is 28.1. The number of fused-ring (bicyclic) bond motifs is 2. The maximum Gasteiger partial charge on any atom is 0.153 e. The average molecular weight is 362 g/mol. The van der Waals surface area contributed by atoms with Gasteiger partial charge in [-0.2, -0.15) is 0 Å². The van der Waals surface area contributed by atoms with E-state index in [1.54, 1.807) is 11.3 Å². The molecule has 7 heteroatoms. The van der Waals surface area contributed by atoms with E-state index in [0.29, 0.717) is 5.69 Å². The number of hydrogen-bond acceptors (Lipinski definition) is 5. The van der Waals surface area contributed by atoms with Gasteiger partial charge in [-0.3, -0.25) is 0 Å². The molecule has 0 saturated carbocycles. The summed E-state index contributed by atoms with van der Waals surface area (Å²) >= 11 is 1.67. The smallest absolute Gasteiger partial charge is 0.153 e. The first-order valence-corrected chi connectivity index (χ1v) is 9.28. The number of halogens is 2. The molecule has 0 unspecified atom stereocenters. The lowest BCUT2D eigenvalue weighted by Crippen LogP contribution is -2.47. The van der Waals surface area contributed by atoms with Crippen molar-refractivity contribution in [2.75, 3.05) is 38.5 Å². The molecule has 132 valence electrons. The van der Waals surface area contributed by atoms with Gasteiger partial charge >= 0.3 is 0 Å². The number of likely N-dealkylation sites (N-methyl/N-ethyl adjacent to an activating group) is 1. The van der Waals surface area contributed by atoms with Crippen LogP contribution in [0.1, 0.15) is 16.7 Å². The van der Waals surface area contributed by atoms with E-state index >= 15 is 0 Å². The topological polar surface area (TPSA) is 30.9 Å². The Morgan fingerprint density at radius 1 is 1.12 bits per heavy atom. The first kappa shape index (κ1) is 16.5. The van der Waals surface area contributed by atoms with Crippen LogP contribution in [0, 0.1) is 11.6 Å². The van der Waals surface area contributed by atoms with E-state index in [4.69, 9.17) is 0 Å². The van der Waals surface area contributed by atoms with E-state index in [9.17, 15) is 8.78 Å². The van der Waals surface area contributed by atoms with Gasteiger partial charge in [0.25, 0.3) is 0 Å². The number of nitrogens with zero attached hydrogens (tertiary/aromatic N) is 3. The third-order valence-corrected chi connectivity index (χ3v) is 5.93. The molecule has 2 aliphatic rings. The summed E-state index contributed by atoms with van der Waals surface area (Å²) in [5.74, 6) is -0.459. The lowest BCUT2D eigenvalue weighted by atomic mass is 10.2. The predicted octanol–water partition coefficient (Wildman–Crippen LogP) is 3.97. The Hall–Kier alpha value is -1.99. The van der Waals surface area contributed by atoms with Gasteiger partial charge in [0.2, 0.25) is 0 Å². The molecule has 0 radical (unpaired) electrons. The third-order valence-electron chi connectivity index (χ3n) is 4.65. The van der Waals surface area contributed by atoms with Crippen molar-refractivity contribution in [1.82, 2.24) is 9.80 Å². The van der Waals surface area contributed by atoms with Crippen LogP contribution in [0.25, 0.3) is 0 Å². The summed E-state index contributed by atoms with van der Waals surface area (Å²) in [5, 5.41) is 3.20. The molecule has 1 aromatic heterocycles. The standard InChI is InChI=1S/C18H20F2N4S/c1-3-12-10-15-17(25-12)18(24-6-4-23(2)5-7-24)22-16-13(20)8-11(19)9-14(16)21-15/h8-10,21H,3-7H2,1-2H3. The van der Waals surface area contributed by atoms with Gasteiger partial charge in [0.15, 0.2) is 5.82 Å². The fourth-order valence-corrected chi connectivity index (χ4v) is 4.25. The molecule has 4 rings (SSSR count). The van der Waals surface area contributed by atoms with Crippen LogP contribution < -0.4 is 5.32 Å². The van der Waals surface area contributed by atoms with Gasteiger partial charge in [-0.1, -0.05) is 6.92 Å². The van der Waals surface area contributed by atoms with E-state index in [-0.39, 0.29) is 5.69 Å². The van der Waals surface area contributed by atoms with Crippen LogP contribution in [0.15, 0.2) is 23.2 Å². The number of aliphatic imine (C=N–C) groups is 1. The first-order valence-electron chi connectivity index (χ1n) is 8.46. The number of anilines is 2. The van der Waals surface area contributed by atoms with Gasteiger partial charge in [-0.05, 0) is 25.6 Å². The van der Waals surface area contributed by atoms with Crippen LogP contribution in [0.4, 0.5) is 25.8 Å². The lowest BCUT2D eigenvalue weighted by Gasteiger charge is -2.34. The molecule has 1 saturated heterocycles. The summed E-state index contributed by atoms with van der Waals surface area (Å²) in [6.07, 6.45) is 0.916. The summed E-state index contributed by atoms with van der Waals surface area (Å²) in [4.78, 5) is 11.3. The number of aryl methyl sites for hydroxylation is 1. The second kappa shape index (κ2) is 6.38. The highest BCUT2D eigenvalue weighted by Gasteiger charge is 2.27. The molecular formula is C18H20F2N4S. The van der Waals surface area contributed by atoms with Crippen molar-refractivity contribution in [1.29, 1.82) is 0 Å². The molecule has 1 N–H and O–H groups in total. The Morgan fingerprint density at radius 2 is 1.88 bits per heavy atom. The molecule has 1 aromatic carbocycles. The van der Waals surface area contributed by atoms with Gasteiger partial charge in [-0.15, -0.1) is 11.3 Å². The largest absolute Gasteiger partial charge is 0.353 e. The average Bonchev–Trinajstić information content (AvgIpc) is 2.91. The van der Waals surface area contributed by atoms with Gasteiger partial charge < -0.3 is 15.1 Å². The number of piperazine rings is 1. The Morgan fingerprint density at radius 3 is 2.60 bits per heavy atom. The van der Waals surface area contributed by atoms with Crippen LogP contribution in [-0.2, 0) is 6.42 Å². The summed E-state index contributed by atoms with van der Waals surface area (Å²) in [5.41, 5.74) is 1.43. The van der Waals surface area contributed by atoms with E-state index in [1.807, 2.05) is 0 Å². The zero-order chi connectivity index (χ0) is 17.6. The van der Waals surface area contributed by atoms with E-state index in [1.165, 1.54) is 10.9 Å². The van der Waals surface area contributed by atoms with Crippen LogP contribution in [0.3, 0.4) is 0 Å². The van der Waals surface area contributed by atoms with Crippen molar-refractivity contribution in [2.45, 2.75) is 13.3 Å². The minimum Gasteiger partial charge on any atom is -0.353 e. The van der Waals surface area contributed by atoms with Crippen molar-refractivity contribution >= 4 is 34.2 Å². The first-order chi connectivity index (χ1) is 12.0. The number of nitrogens with one attached hydrogen (secondary N) is 1. The number of rotatable bonds is 1. The highest BCUT2D eigenvalue weighted by atomic mass is 32.1. The maximum atomic E-state index is 14.4. The minimum absolute atomic E-state index is 0.178. The Bertz CT molecular complexity index is 838. The highest BCUT2D eigenvalue weighted by Crippen LogP contribution is 2.40. The molecule has 0 aliphatic carbocycles. The molecule has 25 heavy (non-hydrogen) atoms. The Balaban J connectivity index is 1.85. The maximum absolute atomic E-state index is 14.4. The minimum atomic E-state index is -0.639. The SMILES string of the molecule is CCc1cc2c(s1)C(N1CCN(C)CC1)=Nc1c(F)cc(F)cc1N2.